The Balaban J connectivity index is 1.82. The lowest BCUT2D eigenvalue weighted by atomic mass is 9.93. The van der Waals surface area contributed by atoms with E-state index in [4.69, 9.17) is 0 Å². The van der Waals surface area contributed by atoms with E-state index in [1.54, 1.807) is 67.2 Å². The SMILES string of the molecule is Cc1c(N2C(=O)c3ccccc3[C@@]2(O)c2ccccc2)c(=O)n(-c2ccccc2)n1C. The molecule has 6 nitrogen and oxygen atoms in total. The zero-order chi connectivity index (χ0) is 21.8. The minimum Gasteiger partial charge on any atom is -0.363 e. The monoisotopic (exact) mass is 411 g/mol. The van der Waals surface area contributed by atoms with Gasteiger partial charge in [-0.15, -0.1) is 0 Å². The van der Waals surface area contributed by atoms with Gasteiger partial charge in [0.15, 0.2) is 5.72 Å². The maximum atomic E-state index is 13.7. The van der Waals surface area contributed by atoms with E-state index in [0.29, 0.717) is 28.1 Å². The molecular formula is C25H21N3O3. The number of anilines is 1. The fourth-order valence-electron chi connectivity index (χ4n) is 4.39. The van der Waals surface area contributed by atoms with Gasteiger partial charge in [0, 0.05) is 23.7 Å². The molecule has 4 aromatic rings. The van der Waals surface area contributed by atoms with Gasteiger partial charge in [0.25, 0.3) is 11.5 Å². The van der Waals surface area contributed by atoms with E-state index in [-0.39, 0.29) is 11.2 Å². The van der Waals surface area contributed by atoms with Crippen molar-refractivity contribution >= 4 is 11.6 Å². The molecule has 31 heavy (non-hydrogen) atoms. The van der Waals surface area contributed by atoms with Crippen LogP contribution in [-0.4, -0.2) is 20.4 Å². The molecule has 0 saturated heterocycles. The first kappa shape index (κ1) is 19.1. The zero-order valence-electron chi connectivity index (χ0n) is 17.2. The number of rotatable bonds is 3. The molecule has 1 N–H and O–H groups in total. The first-order valence-corrected chi connectivity index (χ1v) is 10.0. The molecule has 0 saturated carbocycles. The van der Waals surface area contributed by atoms with E-state index in [1.807, 2.05) is 36.4 Å². The van der Waals surface area contributed by atoms with Crippen LogP contribution < -0.4 is 10.5 Å². The molecule has 0 aliphatic carbocycles. The molecule has 1 aliphatic heterocycles. The minimum atomic E-state index is -1.80. The molecule has 6 heteroatoms. The third-order valence-corrected chi connectivity index (χ3v) is 5.98. The predicted molar refractivity (Wildman–Crippen MR) is 118 cm³/mol. The smallest absolute Gasteiger partial charge is 0.295 e. The number of amides is 1. The van der Waals surface area contributed by atoms with Crippen LogP contribution in [0.15, 0.2) is 89.7 Å². The van der Waals surface area contributed by atoms with Crippen molar-refractivity contribution in [2.24, 2.45) is 7.05 Å². The summed E-state index contributed by atoms with van der Waals surface area (Å²) < 4.78 is 3.21. The molecule has 1 aromatic heterocycles. The van der Waals surface area contributed by atoms with Gasteiger partial charge in [-0.2, -0.15) is 0 Å². The second-order valence-electron chi connectivity index (χ2n) is 7.63. The number of benzene rings is 3. The summed E-state index contributed by atoms with van der Waals surface area (Å²) in [5.74, 6) is -0.409. The van der Waals surface area contributed by atoms with Crippen LogP contribution in [0.25, 0.3) is 5.69 Å². The summed E-state index contributed by atoms with van der Waals surface area (Å²) in [4.78, 5) is 28.4. The van der Waals surface area contributed by atoms with Crippen LogP contribution in [0.4, 0.5) is 5.69 Å². The van der Waals surface area contributed by atoms with E-state index >= 15 is 0 Å². The zero-order valence-corrected chi connectivity index (χ0v) is 17.2. The molecule has 0 spiro atoms. The molecule has 1 amide bonds. The highest BCUT2D eigenvalue weighted by atomic mass is 16.3. The van der Waals surface area contributed by atoms with Gasteiger partial charge in [0.1, 0.15) is 5.69 Å². The van der Waals surface area contributed by atoms with E-state index in [1.165, 1.54) is 9.58 Å². The number of fused-ring (bicyclic) bond motifs is 1. The Morgan fingerprint density at radius 3 is 2.06 bits per heavy atom. The quantitative estimate of drug-likeness (QED) is 0.562. The number of nitrogens with zero attached hydrogens (tertiary/aromatic N) is 3. The van der Waals surface area contributed by atoms with Gasteiger partial charge in [-0.25, -0.2) is 4.68 Å². The average Bonchev–Trinajstić information content (AvgIpc) is 3.16. The lowest BCUT2D eigenvalue weighted by Gasteiger charge is -2.34. The second kappa shape index (κ2) is 6.82. The van der Waals surface area contributed by atoms with Crippen LogP contribution in [0.5, 0.6) is 0 Å². The van der Waals surface area contributed by atoms with Crippen molar-refractivity contribution in [1.82, 2.24) is 9.36 Å². The topological polar surface area (TPSA) is 67.5 Å². The van der Waals surface area contributed by atoms with E-state index in [2.05, 4.69) is 0 Å². The largest absolute Gasteiger partial charge is 0.363 e. The molecule has 1 aliphatic rings. The second-order valence-corrected chi connectivity index (χ2v) is 7.63. The summed E-state index contributed by atoms with van der Waals surface area (Å²) in [5.41, 5.74) is 0.584. The lowest BCUT2D eigenvalue weighted by molar-refractivity contribution is 0.0701. The lowest BCUT2D eigenvalue weighted by Crippen LogP contribution is -2.47. The highest BCUT2D eigenvalue weighted by Gasteiger charge is 2.52. The van der Waals surface area contributed by atoms with E-state index in [9.17, 15) is 14.7 Å². The van der Waals surface area contributed by atoms with E-state index < -0.39 is 11.6 Å². The maximum Gasteiger partial charge on any atom is 0.295 e. The number of carbonyl (C=O) groups is 1. The highest BCUT2D eigenvalue weighted by molar-refractivity contribution is 6.12. The van der Waals surface area contributed by atoms with Crippen molar-refractivity contribution < 1.29 is 9.90 Å². The molecule has 5 rings (SSSR count). The summed E-state index contributed by atoms with van der Waals surface area (Å²) >= 11 is 0. The molecular weight excluding hydrogens is 390 g/mol. The number of aromatic nitrogens is 2. The first-order chi connectivity index (χ1) is 15.0. The normalized spacial score (nSPS) is 17.8. The molecule has 0 bridgehead atoms. The van der Waals surface area contributed by atoms with Gasteiger partial charge in [0.05, 0.1) is 11.4 Å². The Hall–Kier alpha value is -3.90. The molecule has 154 valence electrons. The number of carbonyl (C=O) groups excluding carboxylic acids is 1. The molecule has 0 radical (unpaired) electrons. The molecule has 0 unspecified atom stereocenters. The number of hydrogen-bond acceptors (Lipinski definition) is 3. The van der Waals surface area contributed by atoms with Gasteiger partial charge in [-0.1, -0.05) is 66.7 Å². The summed E-state index contributed by atoms with van der Waals surface area (Å²) in [6.07, 6.45) is 0. The number of hydrogen-bond donors (Lipinski definition) is 1. The van der Waals surface area contributed by atoms with Crippen molar-refractivity contribution in [3.63, 3.8) is 0 Å². The number of para-hydroxylation sites is 1. The highest BCUT2D eigenvalue weighted by Crippen LogP contribution is 2.44. The Labute approximate surface area is 179 Å². The first-order valence-electron chi connectivity index (χ1n) is 10.0. The van der Waals surface area contributed by atoms with E-state index in [0.717, 1.165) is 0 Å². The van der Waals surface area contributed by atoms with Gasteiger partial charge < -0.3 is 5.11 Å². The molecule has 2 heterocycles. The molecule has 3 aromatic carbocycles. The third kappa shape index (κ3) is 2.55. The van der Waals surface area contributed by atoms with Crippen molar-refractivity contribution in [3.05, 3.63) is 118 Å². The van der Waals surface area contributed by atoms with Gasteiger partial charge in [-0.05, 0) is 25.1 Å². The average molecular weight is 411 g/mol. The summed E-state index contributed by atoms with van der Waals surface area (Å²) in [7, 11) is 1.77. The summed E-state index contributed by atoms with van der Waals surface area (Å²) in [6, 6.07) is 25.1. The van der Waals surface area contributed by atoms with Gasteiger partial charge in [0.2, 0.25) is 0 Å². The Morgan fingerprint density at radius 1 is 0.806 bits per heavy atom. The number of aliphatic hydroxyl groups is 1. The predicted octanol–water partition coefficient (Wildman–Crippen LogP) is 3.34. The third-order valence-electron chi connectivity index (χ3n) is 5.98. The Bertz CT molecular complexity index is 1360. The fourth-order valence-corrected chi connectivity index (χ4v) is 4.39. The molecule has 0 fully saturated rings. The van der Waals surface area contributed by atoms with Crippen molar-refractivity contribution in [1.29, 1.82) is 0 Å². The Kier molecular flexibility index (Phi) is 4.20. The van der Waals surface area contributed by atoms with Crippen LogP contribution in [0.1, 0.15) is 27.2 Å². The van der Waals surface area contributed by atoms with Crippen LogP contribution in [0, 0.1) is 6.92 Å². The van der Waals surface area contributed by atoms with Crippen molar-refractivity contribution in [3.8, 4) is 5.69 Å². The van der Waals surface area contributed by atoms with Gasteiger partial charge >= 0.3 is 0 Å². The molecule has 1 atom stereocenters. The van der Waals surface area contributed by atoms with Crippen molar-refractivity contribution in [2.75, 3.05) is 4.90 Å². The van der Waals surface area contributed by atoms with Crippen LogP contribution in [0.2, 0.25) is 0 Å². The fraction of sp³-hybridized carbons (Fsp3) is 0.120. The minimum absolute atomic E-state index is 0.152. The van der Waals surface area contributed by atoms with Crippen LogP contribution in [0.3, 0.4) is 0 Å². The van der Waals surface area contributed by atoms with Crippen molar-refractivity contribution in [2.45, 2.75) is 12.6 Å². The van der Waals surface area contributed by atoms with Gasteiger partial charge in [-0.3, -0.25) is 19.2 Å². The standard InChI is InChI=1S/C25H21N3O3/c1-17-22(24(30)28(26(17)2)19-13-7-4-8-14-19)27-23(29)20-15-9-10-16-21(20)25(27,31)18-11-5-3-6-12-18/h3-16,31H,1-2H3/t25-/m0/s1. The maximum absolute atomic E-state index is 13.7. The Morgan fingerprint density at radius 2 is 1.39 bits per heavy atom. The van der Waals surface area contributed by atoms with Crippen LogP contribution in [-0.2, 0) is 12.8 Å². The summed E-state index contributed by atoms with van der Waals surface area (Å²) in [5, 5.41) is 12.1. The van der Waals surface area contributed by atoms with Crippen LogP contribution >= 0.6 is 0 Å². The summed E-state index contributed by atoms with van der Waals surface area (Å²) in [6.45, 7) is 1.78.